The van der Waals surface area contributed by atoms with Crippen LogP contribution in [0.5, 0.6) is 0 Å². The topological polar surface area (TPSA) is 69.2 Å². The number of aliphatic hydroxyl groups is 1. The SMILES string of the molecule is CC1(O)CCC12CCN(C(=O)c1cn[nH]c1-c1ccccc1)CC2. The van der Waals surface area contributed by atoms with Crippen LogP contribution in [0.1, 0.15) is 43.0 Å². The molecule has 1 saturated heterocycles. The van der Waals surface area contributed by atoms with Gasteiger partial charge < -0.3 is 10.0 Å². The Morgan fingerprint density at radius 3 is 2.46 bits per heavy atom. The molecule has 1 aliphatic carbocycles. The molecule has 1 atom stereocenters. The molecule has 0 bridgehead atoms. The van der Waals surface area contributed by atoms with Gasteiger partial charge in [0.2, 0.25) is 0 Å². The van der Waals surface area contributed by atoms with Crippen molar-refractivity contribution in [1.82, 2.24) is 15.1 Å². The number of nitrogens with one attached hydrogen (secondary N) is 1. The van der Waals surface area contributed by atoms with E-state index in [9.17, 15) is 9.90 Å². The van der Waals surface area contributed by atoms with Crippen LogP contribution < -0.4 is 0 Å². The van der Waals surface area contributed by atoms with Gasteiger partial charge in [0.05, 0.1) is 23.1 Å². The molecular formula is C19H23N3O2. The largest absolute Gasteiger partial charge is 0.390 e. The van der Waals surface area contributed by atoms with Crippen molar-refractivity contribution in [2.75, 3.05) is 13.1 Å². The zero-order valence-electron chi connectivity index (χ0n) is 14.0. The van der Waals surface area contributed by atoms with E-state index in [4.69, 9.17) is 0 Å². The molecule has 1 saturated carbocycles. The van der Waals surface area contributed by atoms with Crippen molar-refractivity contribution in [3.05, 3.63) is 42.1 Å². The van der Waals surface area contributed by atoms with Crippen molar-refractivity contribution in [3.63, 3.8) is 0 Å². The zero-order valence-corrected chi connectivity index (χ0v) is 14.0. The molecule has 1 aliphatic heterocycles. The Morgan fingerprint density at radius 2 is 1.88 bits per heavy atom. The molecule has 126 valence electrons. The van der Waals surface area contributed by atoms with Crippen molar-refractivity contribution in [2.24, 2.45) is 5.41 Å². The van der Waals surface area contributed by atoms with Crippen LogP contribution in [0.2, 0.25) is 0 Å². The molecule has 1 spiro atoms. The van der Waals surface area contributed by atoms with Crippen LogP contribution in [-0.4, -0.2) is 44.8 Å². The van der Waals surface area contributed by atoms with Gasteiger partial charge in [-0.15, -0.1) is 0 Å². The Hall–Kier alpha value is -2.14. The number of aromatic nitrogens is 2. The standard InChI is InChI=1S/C19H23N3O2/c1-18(24)7-8-19(18)9-11-22(12-10-19)17(23)15-13-20-21-16(15)14-5-3-2-4-6-14/h2-6,13,24H,7-12H2,1H3,(H,20,21). The summed E-state index contributed by atoms with van der Waals surface area (Å²) in [6.45, 7) is 3.35. The highest BCUT2D eigenvalue weighted by molar-refractivity contribution is 5.99. The number of piperidine rings is 1. The lowest BCUT2D eigenvalue weighted by Gasteiger charge is -2.58. The minimum Gasteiger partial charge on any atom is -0.390 e. The molecule has 2 aromatic rings. The van der Waals surface area contributed by atoms with Gasteiger partial charge >= 0.3 is 0 Å². The van der Waals surface area contributed by atoms with Crippen molar-refractivity contribution in [2.45, 2.75) is 38.2 Å². The highest BCUT2D eigenvalue weighted by atomic mass is 16.3. The molecule has 1 aromatic carbocycles. The minimum atomic E-state index is -0.563. The van der Waals surface area contributed by atoms with Gasteiger partial charge in [-0.1, -0.05) is 30.3 Å². The fourth-order valence-electron chi connectivity index (χ4n) is 4.21. The van der Waals surface area contributed by atoms with Gasteiger partial charge in [0.25, 0.3) is 5.91 Å². The number of rotatable bonds is 2. The Morgan fingerprint density at radius 1 is 1.17 bits per heavy atom. The quantitative estimate of drug-likeness (QED) is 0.892. The molecule has 4 rings (SSSR count). The van der Waals surface area contributed by atoms with E-state index < -0.39 is 5.60 Å². The van der Waals surface area contributed by atoms with Crippen LogP contribution in [0.15, 0.2) is 36.5 Å². The minimum absolute atomic E-state index is 0.0163. The molecule has 2 heterocycles. The van der Waals surface area contributed by atoms with Crippen LogP contribution in [0.4, 0.5) is 0 Å². The predicted octanol–water partition coefficient (Wildman–Crippen LogP) is 2.84. The Balaban J connectivity index is 1.51. The van der Waals surface area contributed by atoms with E-state index in [1.54, 1.807) is 6.20 Å². The van der Waals surface area contributed by atoms with Gasteiger partial charge in [0.1, 0.15) is 0 Å². The molecule has 2 aliphatic rings. The van der Waals surface area contributed by atoms with E-state index in [0.717, 1.165) is 36.9 Å². The third-order valence-electron chi connectivity index (χ3n) is 6.17. The highest BCUT2D eigenvalue weighted by Crippen LogP contribution is 2.56. The number of benzene rings is 1. The summed E-state index contributed by atoms with van der Waals surface area (Å²) >= 11 is 0. The summed E-state index contributed by atoms with van der Waals surface area (Å²) in [6, 6.07) is 9.81. The van der Waals surface area contributed by atoms with Gasteiger partial charge in [-0.05, 0) is 32.6 Å². The van der Waals surface area contributed by atoms with Gasteiger partial charge in [0, 0.05) is 24.1 Å². The van der Waals surface area contributed by atoms with Gasteiger partial charge in [-0.2, -0.15) is 5.10 Å². The summed E-state index contributed by atoms with van der Waals surface area (Å²) in [5, 5.41) is 17.5. The lowest BCUT2D eigenvalue weighted by Crippen LogP contribution is -2.60. The lowest BCUT2D eigenvalue weighted by atomic mass is 9.53. The maximum atomic E-state index is 12.9. The van der Waals surface area contributed by atoms with E-state index >= 15 is 0 Å². The molecule has 1 aromatic heterocycles. The number of hydrogen-bond donors (Lipinski definition) is 2. The van der Waals surface area contributed by atoms with Crippen molar-refractivity contribution in [1.29, 1.82) is 0 Å². The second kappa shape index (κ2) is 5.45. The van der Waals surface area contributed by atoms with Crippen LogP contribution in [0.25, 0.3) is 11.3 Å². The average Bonchev–Trinajstić information content (AvgIpc) is 3.11. The van der Waals surface area contributed by atoms with E-state index in [2.05, 4.69) is 10.2 Å². The molecule has 1 amide bonds. The van der Waals surface area contributed by atoms with E-state index in [1.165, 1.54) is 0 Å². The molecule has 0 radical (unpaired) electrons. The highest BCUT2D eigenvalue weighted by Gasteiger charge is 2.55. The second-order valence-corrected chi connectivity index (χ2v) is 7.37. The maximum Gasteiger partial charge on any atom is 0.257 e. The van der Waals surface area contributed by atoms with E-state index in [0.29, 0.717) is 18.7 Å². The number of carbonyl (C=O) groups excluding carboxylic acids is 1. The van der Waals surface area contributed by atoms with Crippen molar-refractivity contribution < 1.29 is 9.90 Å². The number of aromatic amines is 1. The summed E-state index contributed by atoms with van der Waals surface area (Å²) in [7, 11) is 0. The smallest absolute Gasteiger partial charge is 0.257 e. The molecule has 2 fully saturated rings. The lowest BCUT2D eigenvalue weighted by molar-refractivity contribution is -0.174. The molecule has 2 N–H and O–H groups in total. The average molecular weight is 325 g/mol. The fourth-order valence-corrected chi connectivity index (χ4v) is 4.21. The molecule has 24 heavy (non-hydrogen) atoms. The van der Waals surface area contributed by atoms with Crippen molar-refractivity contribution in [3.8, 4) is 11.3 Å². The molecule has 5 nitrogen and oxygen atoms in total. The maximum absolute atomic E-state index is 12.9. The number of nitrogens with zero attached hydrogens (tertiary/aromatic N) is 2. The Bertz CT molecular complexity index is 743. The van der Waals surface area contributed by atoms with Crippen LogP contribution >= 0.6 is 0 Å². The second-order valence-electron chi connectivity index (χ2n) is 7.37. The van der Waals surface area contributed by atoms with Gasteiger partial charge in [-0.25, -0.2) is 0 Å². The summed E-state index contributed by atoms with van der Waals surface area (Å²) < 4.78 is 0. The Labute approximate surface area is 141 Å². The zero-order chi connectivity index (χ0) is 16.8. The number of hydrogen-bond acceptors (Lipinski definition) is 3. The number of likely N-dealkylation sites (tertiary alicyclic amines) is 1. The van der Waals surface area contributed by atoms with Crippen molar-refractivity contribution >= 4 is 5.91 Å². The number of amides is 1. The third-order valence-corrected chi connectivity index (χ3v) is 6.17. The molecule has 5 heteroatoms. The van der Waals surface area contributed by atoms with E-state index in [1.807, 2.05) is 42.2 Å². The number of H-pyrrole nitrogens is 1. The fraction of sp³-hybridized carbons (Fsp3) is 0.474. The van der Waals surface area contributed by atoms with Crippen LogP contribution in [0, 0.1) is 5.41 Å². The first-order valence-corrected chi connectivity index (χ1v) is 8.63. The first-order chi connectivity index (χ1) is 11.5. The first-order valence-electron chi connectivity index (χ1n) is 8.63. The van der Waals surface area contributed by atoms with Crippen LogP contribution in [-0.2, 0) is 0 Å². The van der Waals surface area contributed by atoms with E-state index in [-0.39, 0.29) is 11.3 Å². The van der Waals surface area contributed by atoms with Gasteiger partial charge in [-0.3, -0.25) is 9.89 Å². The summed E-state index contributed by atoms with van der Waals surface area (Å²) in [5.41, 5.74) is 1.82. The van der Waals surface area contributed by atoms with Crippen LogP contribution in [0.3, 0.4) is 0 Å². The predicted molar refractivity (Wildman–Crippen MR) is 91.5 cm³/mol. The summed E-state index contributed by atoms with van der Waals surface area (Å²) in [5.74, 6) is 0.0245. The summed E-state index contributed by atoms with van der Waals surface area (Å²) in [6.07, 6.45) is 5.33. The molecular weight excluding hydrogens is 302 g/mol. The number of carbonyl (C=O) groups is 1. The normalized spacial score (nSPS) is 25.5. The monoisotopic (exact) mass is 325 g/mol. The summed E-state index contributed by atoms with van der Waals surface area (Å²) in [4.78, 5) is 14.8. The molecule has 1 unspecified atom stereocenters. The Kier molecular flexibility index (Phi) is 3.49. The first kappa shape index (κ1) is 15.4. The van der Waals surface area contributed by atoms with Gasteiger partial charge in [0.15, 0.2) is 0 Å². The third kappa shape index (κ3) is 2.26.